The van der Waals surface area contributed by atoms with Crippen molar-refractivity contribution < 1.29 is 19.0 Å². The maximum atomic E-state index is 6.15. The van der Waals surface area contributed by atoms with Gasteiger partial charge in [0, 0.05) is 36.8 Å². The van der Waals surface area contributed by atoms with Crippen LogP contribution in [0, 0.1) is 0 Å². The minimum atomic E-state index is 0.373. The first-order chi connectivity index (χ1) is 20.1. The molecule has 0 unspecified atom stereocenters. The van der Waals surface area contributed by atoms with Crippen LogP contribution in [0.2, 0.25) is 0 Å². The minimum absolute atomic E-state index is 0.373. The van der Waals surface area contributed by atoms with Crippen molar-refractivity contribution in [1.29, 1.82) is 0 Å². The van der Waals surface area contributed by atoms with Gasteiger partial charge in [-0.2, -0.15) is 0 Å². The van der Waals surface area contributed by atoms with Gasteiger partial charge >= 0.3 is 0 Å². The predicted molar refractivity (Wildman–Crippen MR) is 164 cm³/mol. The molecule has 0 bridgehead atoms. The molecule has 0 spiro atoms. The van der Waals surface area contributed by atoms with Crippen LogP contribution in [-0.4, -0.2) is 73.8 Å². The fourth-order valence-electron chi connectivity index (χ4n) is 4.44. The Morgan fingerprint density at radius 1 is 1.15 bits per heavy atom. The summed E-state index contributed by atoms with van der Waals surface area (Å²) in [5, 5.41) is 8.53. The monoisotopic (exact) mass is 557 g/mol. The van der Waals surface area contributed by atoms with Gasteiger partial charge in [0.15, 0.2) is 11.5 Å². The van der Waals surface area contributed by atoms with E-state index in [0.717, 1.165) is 72.7 Å². The number of fused-ring (bicyclic) bond motifs is 1. The molecule has 2 aromatic carbocycles. The standard InChI is InChI=1S/C32H39N5O4/c1-5-8-25(9-6-2)22-41-36-24(3)26-10-12-27(13-11-26)35-32-28-20-31(30(38-4)21-29(28)33-23-34-32)40-17-7-14-37-15-18-39-19-16-37/h5-6,8-13,20-21,23H,1,7,14-19,22H2,2-4H3,(H,33,34,35)/b9-6-,25-8+,36-24-. The number of anilines is 2. The van der Waals surface area contributed by atoms with Crippen LogP contribution in [0.4, 0.5) is 11.5 Å². The van der Waals surface area contributed by atoms with Gasteiger partial charge < -0.3 is 24.4 Å². The lowest BCUT2D eigenvalue weighted by Crippen LogP contribution is -2.37. The SMILES string of the molecule is C=C/C=C(\C=C/C)CO/N=C(/C)c1ccc(Nc2ncnc3cc(OC)c(OCCCN4CCOCC4)cc23)cc1. The first-order valence-electron chi connectivity index (χ1n) is 13.8. The number of benzene rings is 2. The normalized spacial score (nSPS) is 14.8. The summed E-state index contributed by atoms with van der Waals surface area (Å²) in [5.74, 6) is 2.00. The molecular weight excluding hydrogens is 518 g/mol. The second kappa shape index (κ2) is 15.5. The van der Waals surface area contributed by atoms with Crippen LogP contribution < -0.4 is 14.8 Å². The smallest absolute Gasteiger partial charge is 0.162 e. The summed E-state index contributed by atoms with van der Waals surface area (Å²) in [4.78, 5) is 16.9. The maximum absolute atomic E-state index is 6.15. The number of rotatable bonds is 14. The van der Waals surface area contributed by atoms with Gasteiger partial charge in [-0.05, 0) is 49.6 Å². The molecule has 2 heterocycles. The number of aromatic nitrogens is 2. The minimum Gasteiger partial charge on any atom is -0.493 e. The second-order valence-corrected chi connectivity index (χ2v) is 9.53. The molecular formula is C32H39N5O4. The van der Waals surface area contributed by atoms with E-state index in [1.165, 1.54) is 6.33 Å². The van der Waals surface area contributed by atoms with Gasteiger partial charge in [-0.3, -0.25) is 4.90 Å². The molecule has 1 saturated heterocycles. The Hall–Kier alpha value is -4.21. The van der Waals surface area contributed by atoms with Crippen molar-refractivity contribution in [2.24, 2.45) is 5.16 Å². The average Bonchev–Trinajstić information content (AvgIpc) is 3.00. The summed E-state index contributed by atoms with van der Waals surface area (Å²) in [5.41, 5.74) is 4.39. The van der Waals surface area contributed by atoms with Crippen molar-refractivity contribution in [3.63, 3.8) is 0 Å². The Bertz CT molecular complexity index is 1380. The lowest BCUT2D eigenvalue weighted by Gasteiger charge is -2.26. The summed E-state index contributed by atoms with van der Waals surface area (Å²) in [7, 11) is 1.64. The van der Waals surface area contributed by atoms with Crippen LogP contribution in [0.3, 0.4) is 0 Å². The van der Waals surface area contributed by atoms with Gasteiger partial charge in [-0.15, -0.1) is 0 Å². The van der Waals surface area contributed by atoms with Crippen molar-refractivity contribution in [3.05, 3.63) is 84.7 Å². The molecule has 0 radical (unpaired) electrons. The maximum Gasteiger partial charge on any atom is 0.162 e. The summed E-state index contributed by atoms with van der Waals surface area (Å²) in [6.45, 7) is 13.1. The van der Waals surface area contributed by atoms with Crippen molar-refractivity contribution in [2.75, 3.05) is 58.5 Å². The molecule has 216 valence electrons. The van der Waals surface area contributed by atoms with Crippen LogP contribution >= 0.6 is 0 Å². The number of nitrogens with one attached hydrogen (secondary N) is 1. The van der Waals surface area contributed by atoms with E-state index in [0.29, 0.717) is 30.5 Å². The first-order valence-corrected chi connectivity index (χ1v) is 13.8. The van der Waals surface area contributed by atoms with Crippen molar-refractivity contribution >= 4 is 28.1 Å². The van der Waals surface area contributed by atoms with Gasteiger partial charge in [0.2, 0.25) is 0 Å². The molecule has 9 nitrogen and oxygen atoms in total. The molecule has 1 aromatic heterocycles. The highest BCUT2D eigenvalue weighted by Gasteiger charge is 2.13. The zero-order valence-corrected chi connectivity index (χ0v) is 24.1. The molecule has 1 N–H and O–H groups in total. The third-order valence-electron chi connectivity index (χ3n) is 6.61. The summed E-state index contributed by atoms with van der Waals surface area (Å²) in [6.07, 6.45) is 10.0. The second-order valence-electron chi connectivity index (χ2n) is 9.53. The molecule has 41 heavy (non-hydrogen) atoms. The number of morpholine rings is 1. The summed E-state index contributed by atoms with van der Waals surface area (Å²) >= 11 is 0. The molecule has 3 aromatic rings. The van der Waals surface area contributed by atoms with Crippen LogP contribution in [0.15, 0.2) is 84.3 Å². The number of nitrogens with zero attached hydrogens (tertiary/aromatic N) is 4. The zero-order chi connectivity index (χ0) is 28.9. The molecule has 1 aliphatic rings. The predicted octanol–water partition coefficient (Wildman–Crippen LogP) is 5.91. The van der Waals surface area contributed by atoms with Crippen LogP contribution in [-0.2, 0) is 9.57 Å². The van der Waals surface area contributed by atoms with E-state index in [4.69, 9.17) is 19.0 Å². The first kappa shape index (κ1) is 29.8. The number of allylic oxidation sites excluding steroid dienone is 3. The third-order valence-corrected chi connectivity index (χ3v) is 6.61. The van der Waals surface area contributed by atoms with Crippen LogP contribution in [0.25, 0.3) is 10.9 Å². The third kappa shape index (κ3) is 8.64. The average molecular weight is 558 g/mol. The summed E-state index contributed by atoms with van der Waals surface area (Å²) < 4.78 is 17.2. The Morgan fingerprint density at radius 2 is 1.95 bits per heavy atom. The lowest BCUT2D eigenvalue weighted by molar-refractivity contribution is 0.0357. The topological polar surface area (TPSA) is 90.3 Å². The zero-order valence-electron chi connectivity index (χ0n) is 24.1. The van der Waals surface area contributed by atoms with Crippen molar-refractivity contribution in [1.82, 2.24) is 14.9 Å². The van der Waals surface area contributed by atoms with Gasteiger partial charge in [-0.25, -0.2) is 9.97 Å². The highest BCUT2D eigenvalue weighted by molar-refractivity contribution is 5.99. The van der Waals surface area contributed by atoms with Crippen molar-refractivity contribution in [2.45, 2.75) is 20.3 Å². The highest BCUT2D eigenvalue weighted by atomic mass is 16.6. The van der Waals surface area contributed by atoms with Crippen LogP contribution in [0.5, 0.6) is 11.5 Å². The number of ether oxygens (including phenoxy) is 3. The molecule has 0 saturated carbocycles. The van der Waals surface area contributed by atoms with Crippen LogP contribution in [0.1, 0.15) is 25.8 Å². The van der Waals surface area contributed by atoms with E-state index >= 15 is 0 Å². The number of hydrogen-bond donors (Lipinski definition) is 1. The van der Waals surface area contributed by atoms with E-state index < -0.39 is 0 Å². The number of oxime groups is 1. The van der Waals surface area contributed by atoms with Crippen molar-refractivity contribution in [3.8, 4) is 11.5 Å². The van der Waals surface area contributed by atoms with E-state index in [9.17, 15) is 0 Å². The van der Waals surface area contributed by atoms with Gasteiger partial charge in [-0.1, -0.05) is 48.2 Å². The van der Waals surface area contributed by atoms with E-state index in [1.807, 2.05) is 68.5 Å². The lowest BCUT2D eigenvalue weighted by atomic mass is 10.1. The Kier molecular flexibility index (Phi) is 11.3. The fraction of sp³-hybridized carbons (Fsp3) is 0.344. The molecule has 1 aliphatic heterocycles. The van der Waals surface area contributed by atoms with Gasteiger partial charge in [0.25, 0.3) is 0 Å². The van der Waals surface area contributed by atoms with Gasteiger partial charge in [0.1, 0.15) is 18.8 Å². The molecule has 1 fully saturated rings. The fourth-order valence-corrected chi connectivity index (χ4v) is 4.44. The van der Waals surface area contributed by atoms with E-state index in [-0.39, 0.29) is 0 Å². The highest BCUT2D eigenvalue weighted by Crippen LogP contribution is 2.35. The number of hydrogen-bond acceptors (Lipinski definition) is 9. The molecule has 0 aliphatic carbocycles. The van der Waals surface area contributed by atoms with Gasteiger partial charge in [0.05, 0.1) is 38.2 Å². The molecule has 9 heteroatoms. The molecule has 0 atom stereocenters. The number of methoxy groups -OCH3 is 1. The Labute approximate surface area is 242 Å². The summed E-state index contributed by atoms with van der Waals surface area (Å²) in [6, 6.07) is 11.8. The molecule has 0 amide bonds. The Balaban J connectivity index is 1.42. The van der Waals surface area contributed by atoms with E-state index in [2.05, 4.69) is 31.9 Å². The largest absolute Gasteiger partial charge is 0.493 e. The Morgan fingerprint density at radius 3 is 2.68 bits per heavy atom. The quantitative estimate of drug-likeness (QED) is 0.113. The van der Waals surface area contributed by atoms with E-state index in [1.54, 1.807) is 13.2 Å². The molecule has 4 rings (SSSR count).